The minimum atomic E-state index is -1.41. The van der Waals surface area contributed by atoms with Crippen LogP contribution in [-0.4, -0.2) is 26.6 Å². The predicted molar refractivity (Wildman–Crippen MR) is 97.0 cm³/mol. The minimum absolute atomic E-state index is 0.147. The van der Waals surface area contributed by atoms with E-state index in [1.807, 2.05) is 12.1 Å². The molecule has 24 heavy (non-hydrogen) atoms. The van der Waals surface area contributed by atoms with Gasteiger partial charge < -0.3 is 5.11 Å². The van der Waals surface area contributed by atoms with Gasteiger partial charge in [-0.3, -0.25) is 9.59 Å². The molecule has 0 unspecified atom stereocenters. The molecule has 0 saturated carbocycles. The Hall–Kier alpha value is -2.55. The minimum Gasteiger partial charge on any atom is -0.476 e. The number of hydrogen-bond acceptors (Lipinski definition) is 4. The molecule has 0 atom stereocenters. The van der Waals surface area contributed by atoms with Crippen LogP contribution in [-0.2, 0) is 0 Å². The number of hydrogen-bond donors (Lipinski definition) is 1. The van der Waals surface area contributed by atoms with E-state index in [0.29, 0.717) is 16.8 Å². The van der Waals surface area contributed by atoms with Gasteiger partial charge in [-0.25, -0.2) is 9.48 Å². The standard InChI is InChI=1S/C17H11IN2O4/c1-9(21)12-3-2-4-13-15(12)20(11-7-5-10(18)6-8-11)19-14(16(13)22)17(23)24/h2-8H,1H3,(H,23,24). The van der Waals surface area contributed by atoms with Crippen LogP contribution >= 0.6 is 22.6 Å². The predicted octanol–water partition coefficient (Wildman–Crippen LogP) is 2.89. The van der Waals surface area contributed by atoms with Crippen LogP contribution in [0.1, 0.15) is 27.8 Å². The normalized spacial score (nSPS) is 10.8. The maximum absolute atomic E-state index is 12.4. The van der Waals surface area contributed by atoms with Gasteiger partial charge in [0.2, 0.25) is 11.1 Å². The van der Waals surface area contributed by atoms with E-state index in [1.165, 1.54) is 17.7 Å². The molecule has 0 aliphatic heterocycles. The summed E-state index contributed by atoms with van der Waals surface area (Å²) in [5.74, 6) is -1.64. The summed E-state index contributed by atoms with van der Waals surface area (Å²) in [7, 11) is 0. The van der Waals surface area contributed by atoms with Crippen molar-refractivity contribution in [2.24, 2.45) is 0 Å². The fourth-order valence-corrected chi connectivity index (χ4v) is 2.83. The van der Waals surface area contributed by atoms with Gasteiger partial charge >= 0.3 is 5.97 Å². The highest BCUT2D eigenvalue weighted by Gasteiger charge is 2.20. The molecule has 0 amide bonds. The van der Waals surface area contributed by atoms with Crippen molar-refractivity contribution in [1.29, 1.82) is 0 Å². The fraction of sp³-hybridized carbons (Fsp3) is 0.0588. The first kappa shape index (κ1) is 16.3. The number of rotatable bonds is 3. The maximum Gasteiger partial charge on any atom is 0.360 e. The molecule has 0 fully saturated rings. The molecule has 0 aliphatic carbocycles. The van der Waals surface area contributed by atoms with E-state index in [-0.39, 0.29) is 11.2 Å². The molecule has 0 saturated heterocycles. The van der Waals surface area contributed by atoms with E-state index in [0.717, 1.165) is 3.57 Å². The number of carboxylic acid groups (broad SMARTS) is 1. The van der Waals surface area contributed by atoms with E-state index in [1.54, 1.807) is 24.3 Å². The largest absolute Gasteiger partial charge is 0.476 e. The Kier molecular flexibility index (Phi) is 4.18. The second-order valence-electron chi connectivity index (χ2n) is 5.13. The number of benzene rings is 2. The molecule has 1 heterocycles. The first-order valence-corrected chi connectivity index (χ1v) is 8.04. The van der Waals surface area contributed by atoms with Crippen molar-refractivity contribution in [1.82, 2.24) is 9.78 Å². The zero-order chi connectivity index (χ0) is 17.4. The number of ketones is 1. The van der Waals surface area contributed by atoms with E-state index in [4.69, 9.17) is 0 Å². The van der Waals surface area contributed by atoms with Crippen LogP contribution in [0.5, 0.6) is 0 Å². The third-order valence-electron chi connectivity index (χ3n) is 3.56. The Bertz CT molecular complexity index is 1040. The highest BCUT2D eigenvalue weighted by molar-refractivity contribution is 14.1. The summed E-state index contributed by atoms with van der Waals surface area (Å²) in [5.41, 5.74) is -0.102. The SMILES string of the molecule is CC(=O)c1cccc2c(=O)c(C(=O)O)nn(-c3ccc(I)cc3)c12. The number of halogens is 1. The third kappa shape index (κ3) is 2.71. The van der Waals surface area contributed by atoms with Crippen LogP contribution in [0, 0.1) is 3.57 Å². The van der Waals surface area contributed by atoms with Gasteiger partial charge in [-0.2, -0.15) is 5.10 Å². The van der Waals surface area contributed by atoms with Crippen LogP contribution in [0.3, 0.4) is 0 Å². The van der Waals surface area contributed by atoms with Crippen molar-refractivity contribution in [2.45, 2.75) is 6.92 Å². The van der Waals surface area contributed by atoms with Gasteiger partial charge in [-0.1, -0.05) is 6.07 Å². The van der Waals surface area contributed by atoms with Gasteiger partial charge in [-0.05, 0) is 65.9 Å². The topological polar surface area (TPSA) is 89.3 Å². The first-order chi connectivity index (χ1) is 11.4. The zero-order valence-electron chi connectivity index (χ0n) is 12.5. The summed E-state index contributed by atoms with van der Waals surface area (Å²) in [6, 6.07) is 11.8. The number of carbonyl (C=O) groups is 2. The van der Waals surface area contributed by atoms with Gasteiger partial charge in [0, 0.05) is 9.13 Å². The lowest BCUT2D eigenvalue weighted by atomic mass is 10.1. The van der Waals surface area contributed by atoms with Crippen molar-refractivity contribution in [3.8, 4) is 5.69 Å². The summed E-state index contributed by atoms with van der Waals surface area (Å²) < 4.78 is 2.33. The number of fused-ring (bicyclic) bond motifs is 1. The number of Topliss-reactive ketones (excluding diaryl/α,β-unsaturated/α-hetero) is 1. The third-order valence-corrected chi connectivity index (χ3v) is 4.28. The second kappa shape index (κ2) is 6.16. The van der Waals surface area contributed by atoms with Crippen molar-refractivity contribution < 1.29 is 14.7 Å². The number of aromatic carboxylic acids is 1. The van der Waals surface area contributed by atoms with Crippen LogP contribution in [0.25, 0.3) is 16.6 Å². The lowest BCUT2D eigenvalue weighted by Gasteiger charge is -2.13. The number of para-hydroxylation sites is 1. The average Bonchev–Trinajstić information content (AvgIpc) is 2.55. The molecule has 0 spiro atoms. The monoisotopic (exact) mass is 434 g/mol. The molecule has 2 aromatic carbocycles. The summed E-state index contributed by atoms with van der Waals surface area (Å²) in [6.07, 6.45) is 0. The van der Waals surface area contributed by atoms with E-state index >= 15 is 0 Å². The molecule has 7 heteroatoms. The molecule has 1 N–H and O–H groups in total. The molecule has 0 radical (unpaired) electrons. The van der Waals surface area contributed by atoms with E-state index < -0.39 is 17.1 Å². The summed E-state index contributed by atoms with van der Waals surface area (Å²) in [6.45, 7) is 1.39. The van der Waals surface area contributed by atoms with Crippen molar-refractivity contribution in [3.63, 3.8) is 0 Å². The molecule has 120 valence electrons. The molecule has 0 bridgehead atoms. The molecule has 3 aromatic rings. The van der Waals surface area contributed by atoms with Crippen LogP contribution < -0.4 is 5.43 Å². The molecule has 0 aliphatic rings. The highest BCUT2D eigenvalue weighted by Crippen LogP contribution is 2.21. The quantitative estimate of drug-likeness (QED) is 0.506. The Labute approximate surface area is 149 Å². The number of nitrogens with zero attached hydrogens (tertiary/aromatic N) is 2. The molecular weight excluding hydrogens is 423 g/mol. The van der Waals surface area contributed by atoms with Crippen LogP contribution in [0.4, 0.5) is 0 Å². The average molecular weight is 434 g/mol. The molecular formula is C17H11IN2O4. The lowest BCUT2D eigenvalue weighted by molar-refractivity contribution is 0.0687. The van der Waals surface area contributed by atoms with Crippen molar-refractivity contribution >= 4 is 45.2 Å². The highest BCUT2D eigenvalue weighted by atomic mass is 127. The second-order valence-corrected chi connectivity index (χ2v) is 6.37. The van der Waals surface area contributed by atoms with Gasteiger partial charge in [0.15, 0.2) is 5.78 Å². The van der Waals surface area contributed by atoms with Gasteiger partial charge in [0.25, 0.3) is 0 Å². The van der Waals surface area contributed by atoms with E-state index in [9.17, 15) is 19.5 Å². The van der Waals surface area contributed by atoms with Crippen molar-refractivity contribution in [3.05, 3.63) is 67.5 Å². The smallest absolute Gasteiger partial charge is 0.360 e. The van der Waals surface area contributed by atoms with Crippen LogP contribution in [0.15, 0.2) is 47.3 Å². The Morgan fingerprint density at radius 3 is 2.38 bits per heavy atom. The zero-order valence-corrected chi connectivity index (χ0v) is 14.6. The molecule has 1 aromatic heterocycles. The van der Waals surface area contributed by atoms with Crippen LogP contribution in [0.2, 0.25) is 0 Å². The maximum atomic E-state index is 12.4. The van der Waals surface area contributed by atoms with Gasteiger partial charge in [-0.15, -0.1) is 0 Å². The lowest BCUT2D eigenvalue weighted by Crippen LogP contribution is -2.23. The van der Waals surface area contributed by atoms with Crippen molar-refractivity contribution in [2.75, 3.05) is 0 Å². The van der Waals surface area contributed by atoms with E-state index in [2.05, 4.69) is 27.7 Å². The van der Waals surface area contributed by atoms with Gasteiger partial charge in [0.1, 0.15) is 0 Å². The fourth-order valence-electron chi connectivity index (χ4n) is 2.47. The Balaban J connectivity index is 2.52. The Morgan fingerprint density at radius 1 is 1.12 bits per heavy atom. The summed E-state index contributed by atoms with van der Waals surface area (Å²) in [5, 5.41) is 13.4. The van der Waals surface area contributed by atoms with Gasteiger partial charge in [0.05, 0.1) is 16.6 Å². The summed E-state index contributed by atoms with van der Waals surface area (Å²) in [4.78, 5) is 35.8. The molecule has 3 rings (SSSR count). The molecule has 6 nitrogen and oxygen atoms in total. The first-order valence-electron chi connectivity index (χ1n) is 6.96. The Morgan fingerprint density at radius 2 is 1.79 bits per heavy atom. The number of carboxylic acids is 1. The number of aromatic nitrogens is 2. The summed E-state index contributed by atoms with van der Waals surface area (Å²) >= 11 is 2.15. The number of carbonyl (C=O) groups excluding carboxylic acids is 1.